The smallest absolute Gasteiger partial charge is 0.0857 e. The molecule has 0 amide bonds. The minimum Gasteiger partial charge on any atom is -0.371 e. The van der Waals surface area contributed by atoms with Crippen molar-refractivity contribution in [3.8, 4) is 0 Å². The van der Waals surface area contributed by atoms with E-state index in [2.05, 4.69) is 27.4 Å². The normalized spacial score (nSPS) is 15.6. The molecule has 0 aromatic carbocycles. The van der Waals surface area contributed by atoms with Crippen molar-refractivity contribution in [1.82, 2.24) is 0 Å². The van der Waals surface area contributed by atoms with Crippen molar-refractivity contribution in [2.24, 2.45) is 0 Å². The Bertz CT molecular complexity index is 120. The van der Waals surface area contributed by atoms with Gasteiger partial charge in [-0.15, -0.1) is 6.58 Å². The van der Waals surface area contributed by atoms with E-state index in [9.17, 15) is 0 Å². The first-order valence-corrected chi connectivity index (χ1v) is 5.02. The van der Waals surface area contributed by atoms with Crippen LogP contribution in [-0.4, -0.2) is 12.2 Å². The van der Waals surface area contributed by atoms with E-state index in [1.54, 1.807) is 0 Å². The van der Waals surface area contributed by atoms with Crippen LogP contribution in [0.5, 0.6) is 0 Å². The zero-order chi connectivity index (χ0) is 9.45. The summed E-state index contributed by atoms with van der Waals surface area (Å²) in [5, 5.41) is 0. The Morgan fingerprint density at radius 2 is 1.92 bits per heavy atom. The lowest BCUT2D eigenvalue weighted by Crippen LogP contribution is -2.29. The number of rotatable bonds is 7. The molecule has 0 aliphatic heterocycles. The summed E-state index contributed by atoms with van der Waals surface area (Å²) >= 11 is 0. The second kappa shape index (κ2) is 6.24. The quantitative estimate of drug-likeness (QED) is 0.531. The Morgan fingerprint density at radius 1 is 1.25 bits per heavy atom. The van der Waals surface area contributed by atoms with Crippen molar-refractivity contribution in [1.29, 1.82) is 0 Å². The number of hydrogen-bond donors (Lipinski definition) is 0. The second-order valence-corrected chi connectivity index (χ2v) is 3.22. The Kier molecular flexibility index (Phi) is 6.09. The largest absolute Gasteiger partial charge is 0.371 e. The van der Waals surface area contributed by atoms with Crippen LogP contribution in [0.15, 0.2) is 12.7 Å². The van der Waals surface area contributed by atoms with Crippen molar-refractivity contribution in [2.75, 3.05) is 6.61 Å². The molecule has 0 fully saturated rings. The Morgan fingerprint density at radius 3 is 2.25 bits per heavy atom. The van der Waals surface area contributed by atoms with Crippen LogP contribution in [0.4, 0.5) is 0 Å². The monoisotopic (exact) mass is 170 g/mol. The molecule has 1 atom stereocenters. The van der Waals surface area contributed by atoms with Gasteiger partial charge in [0, 0.05) is 6.61 Å². The predicted octanol–water partition coefficient (Wildman–Crippen LogP) is 3.55. The van der Waals surface area contributed by atoms with Crippen LogP contribution in [0, 0.1) is 0 Å². The molecular formula is C11H22O. The summed E-state index contributed by atoms with van der Waals surface area (Å²) in [4.78, 5) is 0. The van der Waals surface area contributed by atoms with Gasteiger partial charge >= 0.3 is 0 Å². The fourth-order valence-electron chi connectivity index (χ4n) is 1.38. The molecule has 0 heterocycles. The zero-order valence-corrected chi connectivity index (χ0v) is 8.73. The fraction of sp³-hybridized carbons (Fsp3) is 0.818. The van der Waals surface area contributed by atoms with E-state index in [4.69, 9.17) is 4.74 Å². The first-order chi connectivity index (χ1) is 5.74. The van der Waals surface area contributed by atoms with E-state index in [0.29, 0.717) is 0 Å². The van der Waals surface area contributed by atoms with Gasteiger partial charge in [-0.3, -0.25) is 0 Å². The van der Waals surface area contributed by atoms with Crippen molar-refractivity contribution in [2.45, 2.75) is 52.1 Å². The van der Waals surface area contributed by atoms with Gasteiger partial charge < -0.3 is 4.74 Å². The molecule has 1 heteroatoms. The minimum absolute atomic E-state index is 0.0508. The highest BCUT2D eigenvalue weighted by atomic mass is 16.5. The lowest BCUT2D eigenvalue weighted by molar-refractivity contribution is -0.0171. The SMILES string of the molecule is C=CC(CC)(CCC)OCCC. The van der Waals surface area contributed by atoms with E-state index in [1.165, 1.54) is 0 Å². The average Bonchev–Trinajstić information content (AvgIpc) is 2.13. The molecule has 1 nitrogen and oxygen atoms in total. The molecular weight excluding hydrogens is 148 g/mol. The van der Waals surface area contributed by atoms with Crippen molar-refractivity contribution < 1.29 is 4.74 Å². The van der Waals surface area contributed by atoms with Crippen molar-refractivity contribution in [3.63, 3.8) is 0 Å². The van der Waals surface area contributed by atoms with E-state index in [1.807, 2.05) is 6.08 Å². The minimum atomic E-state index is -0.0508. The average molecular weight is 170 g/mol. The summed E-state index contributed by atoms with van der Waals surface area (Å²) in [7, 11) is 0. The van der Waals surface area contributed by atoms with E-state index < -0.39 is 0 Å². The summed E-state index contributed by atoms with van der Waals surface area (Å²) in [6.45, 7) is 11.2. The molecule has 0 N–H and O–H groups in total. The van der Waals surface area contributed by atoms with Gasteiger partial charge in [-0.1, -0.05) is 33.3 Å². The highest BCUT2D eigenvalue weighted by Crippen LogP contribution is 2.23. The van der Waals surface area contributed by atoms with Crippen LogP contribution in [-0.2, 0) is 4.74 Å². The maximum absolute atomic E-state index is 5.80. The van der Waals surface area contributed by atoms with E-state index in [-0.39, 0.29) is 5.60 Å². The number of hydrogen-bond acceptors (Lipinski definition) is 1. The zero-order valence-electron chi connectivity index (χ0n) is 8.73. The van der Waals surface area contributed by atoms with E-state index >= 15 is 0 Å². The molecule has 0 aromatic heterocycles. The summed E-state index contributed by atoms with van der Waals surface area (Å²) in [6.07, 6.45) is 6.33. The standard InChI is InChI=1S/C11H22O/c1-5-9-11(7-3,8-4)12-10-6-2/h7H,3,5-6,8-10H2,1-2,4H3. The highest BCUT2D eigenvalue weighted by molar-refractivity contribution is 4.96. The van der Waals surface area contributed by atoms with Crippen LogP contribution in [0.2, 0.25) is 0 Å². The Labute approximate surface area is 76.8 Å². The maximum atomic E-state index is 5.80. The molecule has 0 spiro atoms. The van der Waals surface area contributed by atoms with Gasteiger partial charge in [0.15, 0.2) is 0 Å². The fourth-order valence-corrected chi connectivity index (χ4v) is 1.38. The second-order valence-electron chi connectivity index (χ2n) is 3.22. The van der Waals surface area contributed by atoms with Crippen LogP contribution >= 0.6 is 0 Å². The van der Waals surface area contributed by atoms with Crippen LogP contribution in [0.1, 0.15) is 46.5 Å². The summed E-state index contributed by atoms with van der Waals surface area (Å²) < 4.78 is 5.80. The Hall–Kier alpha value is -0.300. The predicted molar refractivity (Wildman–Crippen MR) is 54.4 cm³/mol. The third-order valence-corrected chi connectivity index (χ3v) is 2.24. The molecule has 0 radical (unpaired) electrons. The van der Waals surface area contributed by atoms with Crippen molar-refractivity contribution >= 4 is 0 Å². The third-order valence-electron chi connectivity index (χ3n) is 2.24. The van der Waals surface area contributed by atoms with E-state index in [0.717, 1.165) is 32.3 Å². The maximum Gasteiger partial charge on any atom is 0.0857 e. The molecule has 0 rings (SSSR count). The van der Waals surface area contributed by atoms with Gasteiger partial charge in [0.1, 0.15) is 0 Å². The summed E-state index contributed by atoms with van der Waals surface area (Å²) in [5.74, 6) is 0. The summed E-state index contributed by atoms with van der Waals surface area (Å²) in [5.41, 5.74) is -0.0508. The number of ether oxygens (including phenoxy) is 1. The lowest BCUT2D eigenvalue weighted by atomic mass is 9.95. The molecule has 0 bridgehead atoms. The topological polar surface area (TPSA) is 9.23 Å². The first-order valence-electron chi connectivity index (χ1n) is 5.02. The molecule has 0 aliphatic rings. The first kappa shape index (κ1) is 11.7. The van der Waals surface area contributed by atoms with Gasteiger partial charge in [-0.2, -0.15) is 0 Å². The van der Waals surface area contributed by atoms with Gasteiger partial charge in [-0.25, -0.2) is 0 Å². The molecule has 0 aromatic rings. The molecule has 72 valence electrons. The van der Waals surface area contributed by atoms with Gasteiger partial charge in [0.2, 0.25) is 0 Å². The van der Waals surface area contributed by atoms with Crippen LogP contribution < -0.4 is 0 Å². The molecule has 12 heavy (non-hydrogen) atoms. The lowest BCUT2D eigenvalue weighted by Gasteiger charge is -2.29. The van der Waals surface area contributed by atoms with Crippen LogP contribution in [0.25, 0.3) is 0 Å². The molecule has 0 saturated heterocycles. The van der Waals surface area contributed by atoms with Crippen LogP contribution in [0.3, 0.4) is 0 Å². The Balaban J connectivity index is 4.04. The molecule has 0 saturated carbocycles. The van der Waals surface area contributed by atoms with Crippen molar-refractivity contribution in [3.05, 3.63) is 12.7 Å². The summed E-state index contributed by atoms with van der Waals surface area (Å²) in [6, 6.07) is 0. The highest BCUT2D eigenvalue weighted by Gasteiger charge is 2.23. The third kappa shape index (κ3) is 3.40. The van der Waals surface area contributed by atoms with Gasteiger partial charge in [0.05, 0.1) is 5.60 Å². The molecule has 1 unspecified atom stereocenters. The molecule has 0 aliphatic carbocycles. The van der Waals surface area contributed by atoms with Gasteiger partial charge in [0.25, 0.3) is 0 Å². The van der Waals surface area contributed by atoms with Gasteiger partial charge in [-0.05, 0) is 19.3 Å².